The zero-order valence-corrected chi connectivity index (χ0v) is 40.4. The van der Waals surface area contributed by atoms with Crippen LogP contribution in [0.25, 0.3) is 0 Å². The van der Waals surface area contributed by atoms with Crippen molar-refractivity contribution in [3.05, 3.63) is 160 Å². The number of nitrogens with zero attached hydrogens (tertiary/aromatic N) is 4. The van der Waals surface area contributed by atoms with Gasteiger partial charge in [-0.15, -0.1) is 40.5 Å². The van der Waals surface area contributed by atoms with Gasteiger partial charge in [0.2, 0.25) is 6.79 Å². The van der Waals surface area contributed by atoms with Crippen LogP contribution >= 0.6 is 11.6 Å². The molecule has 0 aliphatic heterocycles. The van der Waals surface area contributed by atoms with E-state index in [1.807, 2.05) is 0 Å². The van der Waals surface area contributed by atoms with E-state index in [1.54, 1.807) is 12.1 Å². The van der Waals surface area contributed by atoms with Crippen LogP contribution in [0.1, 0.15) is 81.0 Å². The first-order valence-corrected chi connectivity index (χ1v) is 21.7. The minimum atomic E-state index is -1.43. The molecule has 4 aromatic carbocycles. The molecule has 0 saturated carbocycles. The number of carboxylic acid groups (broad SMARTS) is 1. The third-order valence-electron chi connectivity index (χ3n) is 8.50. The second-order valence-corrected chi connectivity index (χ2v) is 14.2. The van der Waals surface area contributed by atoms with Crippen molar-refractivity contribution in [2.75, 3.05) is 26.1 Å². The summed E-state index contributed by atoms with van der Waals surface area (Å²) >= 11 is 5.25. The number of carboxylic acids is 1. The van der Waals surface area contributed by atoms with Crippen molar-refractivity contribution in [1.29, 1.82) is 0 Å². The van der Waals surface area contributed by atoms with Crippen molar-refractivity contribution in [3.63, 3.8) is 0 Å². The van der Waals surface area contributed by atoms with Gasteiger partial charge < -0.3 is 57.6 Å². The van der Waals surface area contributed by atoms with Crippen LogP contribution in [0.2, 0.25) is 0 Å². The average Bonchev–Trinajstić information content (AvgIpc) is 3.36. The summed E-state index contributed by atoms with van der Waals surface area (Å²) in [6, 6.07) is 22.6. The molecule has 77 heavy (non-hydrogen) atoms. The second kappa shape index (κ2) is 33.5. The van der Waals surface area contributed by atoms with Crippen LogP contribution in [-0.4, -0.2) is 111 Å². The maximum Gasteiger partial charge on any atom is 0.344 e. The Hall–Kier alpha value is -10.3. The summed E-state index contributed by atoms with van der Waals surface area (Å²) in [6.45, 7) is 0.0349. The Labute approximate surface area is 435 Å². The predicted molar refractivity (Wildman–Crippen MR) is 247 cm³/mol. The molecule has 0 aliphatic carbocycles. The molecule has 0 aliphatic rings. The molecule has 0 spiro atoms. The van der Waals surface area contributed by atoms with Gasteiger partial charge in [-0.2, -0.15) is 0 Å². The van der Waals surface area contributed by atoms with Crippen LogP contribution in [0.4, 0.5) is 0 Å². The van der Waals surface area contributed by atoms with Crippen LogP contribution in [-0.2, 0) is 52.7 Å². The summed E-state index contributed by atoms with van der Waals surface area (Å²) in [5.74, 6) is -7.19. The second-order valence-electron chi connectivity index (χ2n) is 14.0. The fraction of sp³-hybridized carbons (Fsp3) is 0.273. The van der Waals surface area contributed by atoms with Crippen LogP contribution < -0.4 is 18.9 Å². The van der Waals surface area contributed by atoms with Crippen molar-refractivity contribution in [3.8, 4) is 23.0 Å². The topological polar surface area (TPSA) is 431 Å². The van der Waals surface area contributed by atoms with Gasteiger partial charge in [0, 0.05) is 26.7 Å². The van der Waals surface area contributed by atoms with Crippen molar-refractivity contribution in [2.45, 2.75) is 51.7 Å². The normalized spacial score (nSPS) is 10.7. The number of para-hydroxylation sites is 4. The third kappa shape index (κ3) is 25.3. The van der Waals surface area contributed by atoms with Crippen molar-refractivity contribution >= 4 is 59.4 Å². The number of ether oxygens (including phenoxy) is 7. The zero-order chi connectivity index (χ0) is 57.5. The number of hydrogen-bond acceptors (Lipinski definition) is 27. The van der Waals surface area contributed by atoms with Crippen LogP contribution in [0.15, 0.2) is 97.1 Å². The lowest BCUT2D eigenvalue weighted by molar-refractivity contribution is -0.790. The number of alkyl halides is 1. The molecule has 2 unspecified atom stereocenters. The summed E-state index contributed by atoms with van der Waals surface area (Å²) in [5, 5.41) is 45.4. The average molecular weight is 1110 g/mol. The minimum Gasteiger partial charge on any atom is -0.478 e. The van der Waals surface area contributed by atoms with Gasteiger partial charge in [-0.05, 0) is 61.4 Å². The highest BCUT2D eigenvalue weighted by Gasteiger charge is 2.23. The maximum absolute atomic E-state index is 12.5. The van der Waals surface area contributed by atoms with Gasteiger partial charge in [0.1, 0.15) is 70.7 Å². The Bertz CT molecular complexity index is 2760. The number of halogens is 1. The maximum atomic E-state index is 12.5. The quantitative estimate of drug-likeness (QED) is 0.0208. The lowest BCUT2D eigenvalue weighted by Crippen LogP contribution is -2.26. The van der Waals surface area contributed by atoms with Gasteiger partial charge in [0.25, 0.3) is 20.3 Å². The van der Waals surface area contributed by atoms with Gasteiger partial charge >= 0.3 is 47.8 Å². The molecular weight excluding hydrogens is 1070 g/mol. The van der Waals surface area contributed by atoms with Gasteiger partial charge in [-0.3, -0.25) is 19.2 Å². The van der Waals surface area contributed by atoms with E-state index >= 15 is 0 Å². The zero-order valence-electron chi connectivity index (χ0n) is 39.7. The highest BCUT2D eigenvalue weighted by molar-refractivity contribution is 6.17. The SMILES string of the molecule is CC(=O)Oc1ccccc1C(=O)OCCl.CC(=O)Oc1ccccc1C(=O)OCOC(=O)c1ccccc1OC(=O)CCC(CO[N+](=O)[O-])O[N+](=O)[O-].O=C(CCC(CO[N+](=O)[O-])O[N+](=O)[O-])Oc1ccccc1C(=O)O. The van der Waals surface area contributed by atoms with E-state index in [2.05, 4.69) is 24.1 Å². The summed E-state index contributed by atoms with van der Waals surface area (Å²) in [5.41, 5.74) is -0.364. The molecule has 0 saturated heterocycles. The third-order valence-corrected chi connectivity index (χ3v) is 8.61. The van der Waals surface area contributed by atoms with Gasteiger partial charge in [-0.1, -0.05) is 60.1 Å². The Balaban J connectivity index is 0.000000441. The Morgan fingerprint density at radius 3 is 1.10 bits per heavy atom. The predicted octanol–water partition coefficient (Wildman–Crippen LogP) is 4.87. The lowest BCUT2D eigenvalue weighted by atomic mass is 10.2. The molecular formula is C44H41ClN4O28. The molecule has 0 fully saturated rings. The fourth-order valence-electron chi connectivity index (χ4n) is 5.40. The first kappa shape index (κ1) is 62.8. The molecule has 32 nitrogen and oxygen atoms in total. The number of benzene rings is 4. The summed E-state index contributed by atoms with van der Waals surface area (Å²) in [6.07, 6.45) is -4.35. The standard InChI is InChI=1S/C22H20N2O14.C12H12N2O10.C10H9ClO4/c1-14(25)36-18-8-4-2-6-16(18)21(27)33-13-34-22(28)17-7-3-5-9-19(17)37-20(26)11-10-15(38-24(31)32)12-35-23(29)30;15-11(23-10-4-2-1-3-9(10)12(16)17)6-5-8(24-14(20)21)7-22-13(18)19;1-7(12)15-9-5-3-2-4-8(9)10(13)14-6-11/h2-9,15H,10-13H2,1H3;1-4,8H,5-7H2,(H,16,17);2-5H,6H2,1H3. The van der Waals surface area contributed by atoms with E-state index < -0.39 is 113 Å². The number of aromatic carboxylic acids is 1. The monoisotopic (exact) mass is 1110 g/mol. The number of hydrogen-bond donors (Lipinski definition) is 1. The van der Waals surface area contributed by atoms with Crippen LogP contribution in [0.5, 0.6) is 23.0 Å². The largest absolute Gasteiger partial charge is 0.478 e. The smallest absolute Gasteiger partial charge is 0.344 e. The first-order valence-electron chi connectivity index (χ1n) is 21.1. The molecule has 412 valence electrons. The molecule has 33 heteroatoms. The lowest BCUT2D eigenvalue weighted by Gasteiger charge is -2.14. The van der Waals surface area contributed by atoms with Crippen LogP contribution in [0.3, 0.4) is 0 Å². The van der Waals surface area contributed by atoms with E-state index in [0.29, 0.717) is 0 Å². The van der Waals surface area contributed by atoms with E-state index in [9.17, 15) is 78.8 Å². The Morgan fingerprint density at radius 2 is 0.792 bits per heavy atom. The summed E-state index contributed by atoms with van der Waals surface area (Å²) in [4.78, 5) is 150. The molecule has 1 N–H and O–H groups in total. The number of rotatable bonds is 27. The number of esters is 7. The fourth-order valence-corrected chi connectivity index (χ4v) is 5.50. The van der Waals surface area contributed by atoms with Crippen molar-refractivity contribution < 1.29 is 116 Å². The molecule has 0 heterocycles. The minimum absolute atomic E-state index is 0.0515. The van der Waals surface area contributed by atoms with Crippen molar-refractivity contribution in [2.24, 2.45) is 0 Å². The first-order chi connectivity index (χ1) is 36.5. The van der Waals surface area contributed by atoms with Gasteiger partial charge in [-0.25, -0.2) is 19.2 Å². The van der Waals surface area contributed by atoms with Gasteiger partial charge in [0.15, 0.2) is 6.07 Å². The van der Waals surface area contributed by atoms with E-state index in [-0.39, 0.29) is 64.2 Å². The number of carbonyl (C=O) groups excluding carboxylic acids is 7. The summed E-state index contributed by atoms with van der Waals surface area (Å²) < 4.78 is 34.1. The highest BCUT2D eigenvalue weighted by atomic mass is 35.5. The molecule has 0 aromatic heterocycles. The molecule has 0 bridgehead atoms. The summed E-state index contributed by atoms with van der Waals surface area (Å²) in [7, 11) is 0. The molecule has 0 radical (unpaired) electrons. The van der Waals surface area contributed by atoms with E-state index in [1.165, 1.54) is 91.9 Å². The molecule has 4 aromatic rings. The number of carbonyl (C=O) groups is 8. The molecule has 4 rings (SSSR count). The van der Waals surface area contributed by atoms with Gasteiger partial charge in [0.05, 0.1) is 0 Å². The van der Waals surface area contributed by atoms with E-state index in [4.69, 9.17) is 45.1 Å². The Morgan fingerprint density at radius 1 is 0.481 bits per heavy atom. The van der Waals surface area contributed by atoms with Crippen molar-refractivity contribution in [1.82, 2.24) is 0 Å². The molecule has 0 amide bonds. The Kier molecular flexibility index (Phi) is 27.3. The van der Waals surface area contributed by atoms with Crippen LogP contribution in [0, 0.1) is 40.5 Å². The highest BCUT2D eigenvalue weighted by Crippen LogP contribution is 2.23. The van der Waals surface area contributed by atoms with E-state index in [0.717, 1.165) is 6.92 Å². The molecule has 2 atom stereocenters.